The number of aliphatic imine (C=N–C) groups is 1. The molecule has 2 aliphatic rings. The van der Waals surface area contributed by atoms with Crippen molar-refractivity contribution in [2.24, 2.45) is 10.4 Å². The Morgan fingerprint density at radius 3 is 2.71 bits per heavy atom. The summed E-state index contributed by atoms with van der Waals surface area (Å²) in [5, 5.41) is 0. The lowest BCUT2D eigenvalue weighted by atomic mass is 9.82. The molecule has 0 amide bonds. The molecule has 2 heteroatoms. The van der Waals surface area contributed by atoms with Crippen molar-refractivity contribution in [2.45, 2.75) is 64.8 Å². The van der Waals surface area contributed by atoms with Crippen LogP contribution in [-0.2, 0) is 0 Å². The van der Waals surface area contributed by atoms with Crippen LogP contribution >= 0.6 is 0 Å². The molecule has 2 heterocycles. The minimum atomic E-state index is 0.550. The summed E-state index contributed by atoms with van der Waals surface area (Å²) in [5.74, 6) is 0. The van der Waals surface area contributed by atoms with Gasteiger partial charge < -0.3 is 4.90 Å². The Morgan fingerprint density at radius 2 is 1.88 bits per heavy atom. The van der Waals surface area contributed by atoms with Crippen LogP contribution in [0.15, 0.2) is 17.3 Å². The third kappa shape index (κ3) is 3.86. The van der Waals surface area contributed by atoms with E-state index >= 15 is 0 Å². The topological polar surface area (TPSA) is 15.6 Å². The summed E-state index contributed by atoms with van der Waals surface area (Å²) in [6.07, 6.45) is 15.7. The molecule has 0 aromatic carbocycles. The van der Waals surface area contributed by atoms with E-state index in [1.165, 1.54) is 51.5 Å². The largest absolute Gasteiger partial charge is 0.356 e. The molecule has 1 saturated heterocycles. The van der Waals surface area contributed by atoms with Gasteiger partial charge in [0.2, 0.25) is 0 Å². The van der Waals surface area contributed by atoms with E-state index in [-0.39, 0.29) is 0 Å². The zero-order valence-corrected chi connectivity index (χ0v) is 11.4. The maximum absolute atomic E-state index is 4.26. The van der Waals surface area contributed by atoms with E-state index in [4.69, 9.17) is 0 Å². The molecule has 1 atom stereocenters. The van der Waals surface area contributed by atoms with Crippen LogP contribution < -0.4 is 0 Å². The highest BCUT2D eigenvalue weighted by Gasteiger charge is 2.20. The summed E-state index contributed by atoms with van der Waals surface area (Å²) < 4.78 is 0. The lowest BCUT2D eigenvalue weighted by Crippen LogP contribution is -2.35. The van der Waals surface area contributed by atoms with Crippen molar-refractivity contribution in [3.05, 3.63) is 12.3 Å². The molecule has 0 N–H and O–H groups in total. The second-order valence-corrected chi connectivity index (χ2v) is 6.28. The van der Waals surface area contributed by atoms with E-state index in [9.17, 15) is 0 Å². The summed E-state index contributed by atoms with van der Waals surface area (Å²) in [6.45, 7) is 6.04. The SMILES string of the molecule is CC1(C)CCCCC2C=CN=CN2CCCC1. The Kier molecular flexibility index (Phi) is 4.25. The second-order valence-electron chi connectivity index (χ2n) is 6.28. The highest BCUT2D eigenvalue weighted by atomic mass is 15.2. The minimum absolute atomic E-state index is 0.550. The summed E-state index contributed by atoms with van der Waals surface area (Å²) in [7, 11) is 0. The molecule has 96 valence electrons. The van der Waals surface area contributed by atoms with Gasteiger partial charge in [-0.05, 0) is 37.2 Å². The van der Waals surface area contributed by atoms with E-state index < -0.39 is 0 Å². The maximum atomic E-state index is 4.26. The zero-order chi connectivity index (χ0) is 12.1. The van der Waals surface area contributed by atoms with Gasteiger partial charge in [0.1, 0.15) is 0 Å². The van der Waals surface area contributed by atoms with E-state index in [1.807, 2.05) is 12.5 Å². The van der Waals surface area contributed by atoms with Gasteiger partial charge >= 0.3 is 0 Å². The van der Waals surface area contributed by atoms with Gasteiger partial charge in [-0.2, -0.15) is 0 Å². The van der Waals surface area contributed by atoms with Crippen molar-refractivity contribution in [1.82, 2.24) is 4.90 Å². The van der Waals surface area contributed by atoms with Crippen LogP contribution in [-0.4, -0.2) is 23.8 Å². The molecule has 0 aromatic rings. The van der Waals surface area contributed by atoms with Crippen molar-refractivity contribution in [3.8, 4) is 0 Å². The molecule has 0 radical (unpaired) electrons. The number of nitrogens with zero attached hydrogens (tertiary/aromatic N) is 2. The lowest BCUT2D eigenvalue weighted by molar-refractivity contribution is 0.286. The number of fused-ring (bicyclic) bond motifs is 1. The monoisotopic (exact) mass is 234 g/mol. The summed E-state index contributed by atoms with van der Waals surface area (Å²) in [5.41, 5.74) is 0.550. The zero-order valence-electron chi connectivity index (χ0n) is 11.4. The summed E-state index contributed by atoms with van der Waals surface area (Å²) in [4.78, 5) is 6.69. The molecule has 0 aromatic heterocycles. The predicted octanol–water partition coefficient (Wildman–Crippen LogP) is 3.98. The lowest BCUT2D eigenvalue weighted by Gasteiger charge is -2.29. The Labute approximate surface area is 106 Å². The summed E-state index contributed by atoms with van der Waals surface area (Å²) >= 11 is 0. The fourth-order valence-corrected chi connectivity index (χ4v) is 2.93. The quantitative estimate of drug-likeness (QED) is 0.619. The highest BCUT2D eigenvalue weighted by molar-refractivity contribution is 5.58. The molecule has 2 rings (SSSR count). The van der Waals surface area contributed by atoms with Crippen molar-refractivity contribution in [1.29, 1.82) is 0 Å². The molecule has 0 saturated carbocycles. The van der Waals surface area contributed by atoms with Crippen molar-refractivity contribution in [2.75, 3.05) is 6.54 Å². The first-order valence-corrected chi connectivity index (χ1v) is 7.13. The fraction of sp³-hybridized carbons (Fsp3) is 0.800. The van der Waals surface area contributed by atoms with Crippen LogP contribution in [0.4, 0.5) is 0 Å². The van der Waals surface area contributed by atoms with Crippen LogP contribution in [0, 0.1) is 5.41 Å². The molecular weight excluding hydrogens is 208 g/mol. The first kappa shape index (κ1) is 12.7. The number of hydrogen-bond donors (Lipinski definition) is 0. The Balaban J connectivity index is 1.94. The maximum Gasteiger partial charge on any atom is 0.0909 e. The van der Waals surface area contributed by atoms with Crippen LogP contribution in [0.25, 0.3) is 0 Å². The van der Waals surface area contributed by atoms with Gasteiger partial charge in [-0.1, -0.05) is 33.1 Å². The minimum Gasteiger partial charge on any atom is -0.356 e. The first-order valence-electron chi connectivity index (χ1n) is 7.13. The fourth-order valence-electron chi connectivity index (χ4n) is 2.93. The molecule has 1 fully saturated rings. The molecular formula is C15H26N2. The van der Waals surface area contributed by atoms with Crippen LogP contribution in [0.5, 0.6) is 0 Å². The second kappa shape index (κ2) is 5.70. The molecule has 0 bridgehead atoms. The van der Waals surface area contributed by atoms with Gasteiger partial charge in [-0.25, -0.2) is 4.99 Å². The van der Waals surface area contributed by atoms with E-state index in [0.717, 1.165) is 0 Å². The molecule has 0 spiro atoms. The van der Waals surface area contributed by atoms with Gasteiger partial charge in [0.25, 0.3) is 0 Å². The van der Waals surface area contributed by atoms with Crippen molar-refractivity contribution >= 4 is 6.34 Å². The van der Waals surface area contributed by atoms with Gasteiger partial charge in [0.05, 0.1) is 6.34 Å². The number of rotatable bonds is 0. The molecule has 1 unspecified atom stereocenters. The highest BCUT2D eigenvalue weighted by Crippen LogP contribution is 2.31. The smallest absolute Gasteiger partial charge is 0.0909 e. The van der Waals surface area contributed by atoms with Gasteiger partial charge in [-0.15, -0.1) is 0 Å². The Hall–Kier alpha value is -0.790. The summed E-state index contributed by atoms with van der Waals surface area (Å²) in [6, 6.07) is 0.605. The van der Waals surface area contributed by atoms with Crippen LogP contribution in [0.2, 0.25) is 0 Å². The molecule has 0 aliphatic carbocycles. The van der Waals surface area contributed by atoms with E-state index in [1.54, 1.807) is 0 Å². The van der Waals surface area contributed by atoms with Gasteiger partial charge in [0.15, 0.2) is 0 Å². The van der Waals surface area contributed by atoms with E-state index in [2.05, 4.69) is 29.8 Å². The Morgan fingerprint density at radius 1 is 1.12 bits per heavy atom. The Bertz CT molecular complexity index is 263. The average Bonchev–Trinajstić information content (AvgIpc) is 2.34. The van der Waals surface area contributed by atoms with Crippen molar-refractivity contribution in [3.63, 3.8) is 0 Å². The van der Waals surface area contributed by atoms with Gasteiger partial charge in [-0.3, -0.25) is 0 Å². The molecule has 2 aliphatic heterocycles. The van der Waals surface area contributed by atoms with Crippen LogP contribution in [0.3, 0.4) is 0 Å². The predicted molar refractivity (Wildman–Crippen MR) is 74.2 cm³/mol. The third-order valence-corrected chi connectivity index (χ3v) is 4.16. The van der Waals surface area contributed by atoms with Crippen molar-refractivity contribution < 1.29 is 0 Å². The van der Waals surface area contributed by atoms with Gasteiger partial charge in [0, 0.05) is 18.8 Å². The molecule has 17 heavy (non-hydrogen) atoms. The van der Waals surface area contributed by atoms with E-state index in [0.29, 0.717) is 11.5 Å². The first-order chi connectivity index (χ1) is 8.17. The standard InChI is InChI=1S/C15H26N2/c1-15(2)9-4-3-7-14-8-11-16-13-17(14)12-6-5-10-15/h8,11,13-14H,3-7,9-10,12H2,1-2H3. The van der Waals surface area contributed by atoms with Crippen LogP contribution in [0.1, 0.15) is 58.8 Å². The average molecular weight is 234 g/mol. The molecule has 2 nitrogen and oxygen atoms in total. The number of hydrogen-bond acceptors (Lipinski definition) is 2. The third-order valence-electron chi connectivity index (χ3n) is 4.16. The normalized spacial score (nSPS) is 29.5.